The van der Waals surface area contributed by atoms with Gasteiger partial charge in [-0.15, -0.1) is 0 Å². The van der Waals surface area contributed by atoms with Gasteiger partial charge in [0, 0.05) is 45.1 Å². The molecule has 10 nitrogen and oxygen atoms in total. The van der Waals surface area contributed by atoms with Crippen LogP contribution in [0.4, 0.5) is 17.5 Å². The zero-order valence-corrected chi connectivity index (χ0v) is 22.3. The SMILES string of the molecule is CNCC1=C(NC)CN(c2ncc(Cl)c(Nc3ccc4c(c3)n(CCC(C)(C)O)c(=O)n4C)n2)CC1. The molecule has 3 heterocycles. The second-order valence-corrected chi connectivity index (χ2v) is 10.2. The molecule has 0 saturated heterocycles. The Morgan fingerprint density at radius 2 is 2.00 bits per heavy atom. The second-order valence-electron chi connectivity index (χ2n) is 9.78. The van der Waals surface area contributed by atoms with Crippen molar-refractivity contribution in [2.45, 2.75) is 38.8 Å². The monoisotopic (exact) mass is 514 g/mol. The zero-order valence-electron chi connectivity index (χ0n) is 21.5. The van der Waals surface area contributed by atoms with Crippen LogP contribution in [0.5, 0.6) is 0 Å². The summed E-state index contributed by atoms with van der Waals surface area (Å²) >= 11 is 6.46. The summed E-state index contributed by atoms with van der Waals surface area (Å²) in [6.45, 7) is 6.24. The molecule has 0 fully saturated rings. The number of halogens is 1. The molecule has 0 bridgehead atoms. The molecule has 0 saturated carbocycles. The topological polar surface area (TPSA) is 112 Å². The summed E-state index contributed by atoms with van der Waals surface area (Å²) < 4.78 is 3.30. The van der Waals surface area contributed by atoms with Gasteiger partial charge in [-0.05, 0) is 57.5 Å². The molecule has 2 aromatic heterocycles. The molecule has 0 unspecified atom stereocenters. The number of benzene rings is 1. The minimum absolute atomic E-state index is 0.120. The lowest BCUT2D eigenvalue weighted by Gasteiger charge is -2.31. The number of likely N-dealkylation sites (N-methyl/N-ethyl adjacent to an activating group) is 2. The number of aryl methyl sites for hydroxylation is 2. The lowest BCUT2D eigenvalue weighted by molar-refractivity contribution is 0.0662. The molecule has 0 amide bonds. The summed E-state index contributed by atoms with van der Waals surface area (Å²) in [6.07, 6.45) is 2.98. The fraction of sp³-hybridized carbons (Fsp3) is 0.480. The number of hydrogen-bond donors (Lipinski definition) is 4. The Hall–Kier alpha value is -3.08. The third-order valence-electron chi connectivity index (χ3n) is 6.52. The number of nitrogens with one attached hydrogen (secondary N) is 3. The summed E-state index contributed by atoms with van der Waals surface area (Å²) in [5.41, 5.74) is 3.88. The maximum absolute atomic E-state index is 12.8. The van der Waals surface area contributed by atoms with Crippen molar-refractivity contribution in [1.29, 1.82) is 0 Å². The molecular weight excluding hydrogens is 480 g/mol. The van der Waals surface area contributed by atoms with Crippen molar-refractivity contribution in [3.63, 3.8) is 0 Å². The van der Waals surface area contributed by atoms with E-state index in [4.69, 9.17) is 16.6 Å². The average Bonchev–Trinajstić information content (AvgIpc) is 3.08. The summed E-state index contributed by atoms with van der Waals surface area (Å²) in [5.74, 6) is 1.10. The first-order valence-electron chi connectivity index (χ1n) is 12.1. The predicted octanol–water partition coefficient (Wildman–Crippen LogP) is 2.59. The Morgan fingerprint density at radius 3 is 2.69 bits per heavy atom. The quantitative estimate of drug-likeness (QED) is 0.345. The number of anilines is 3. The van der Waals surface area contributed by atoms with E-state index in [-0.39, 0.29) is 5.69 Å². The molecule has 1 aliphatic heterocycles. The van der Waals surface area contributed by atoms with Gasteiger partial charge in [0.2, 0.25) is 5.95 Å². The molecule has 0 radical (unpaired) electrons. The van der Waals surface area contributed by atoms with Crippen molar-refractivity contribution in [3.05, 3.63) is 51.2 Å². The molecule has 1 aliphatic rings. The van der Waals surface area contributed by atoms with E-state index < -0.39 is 5.60 Å². The Balaban J connectivity index is 1.61. The highest BCUT2D eigenvalue weighted by Crippen LogP contribution is 2.28. The van der Waals surface area contributed by atoms with Crippen LogP contribution in [-0.4, -0.2) is 63.5 Å². The summed E-state index contributed by atoms with van der Waals surface area (Å²) in [7, 11) is 5.64. The van der Waals surface area contributed by atoms with E-state index >= 15 is 0 Å². The van der Waals surface area contributed by atoms with Crippen LogP contribution < -0.4 is 26.5 Å². The molecule has 1 aromatic carbocycles. The standard InChI is InChI=1S/C25H35ClN8O2/c1-25(2,36)9-11-34-21-12-17(6-7-20(21)32(5)24(34)35)30-22-18(26)14-29-23(31-22)33-10-8-16(13-27-3)19(15-33)28-4/h6-7,12,14,27-28,36H,8-11,13,15H2,1-5H3,(H,29,30,31). The zero-order chi connectivity index (χ0) is 26.0. The Bertz CT molecular complexity index is 1340. The van der Waals surface area contributed by atoms with Gasteiger partial charge in [0.05, 0.1) is 29.4 Å². The van der Waals surface area contributed by atoms with Crippen LogP contribution in [-0.2, 0) is 13.6 Å². The Labute approximate surface area is 216 Å². The summed E-state index contributed by atoms with van der Waals surface area (Å²) in [5, 5.41) is 20.4. The molecule has 11 heteroatoms. The van der Waals surface area contributed by atoms with Gasteiger partial charge in [-0.2, -0.15) is 4.98 Å². The van der Waals surface area contributed by atoms with Gasteiger partial charge in [0.15, 0.2) is 5.82 Å². The van der Waals surface area contributed by atoms with Gasteiger partial charge in [-0.3, -0.25) is 9.13 Å². The van der Waals surface area contributed by atoms with Crippen molar-refractivity contribution in [2.24, 2.45) is 7.05 Å². The molecule has 4 rings (SSSR count). The molecule has 0 spiro atoms. The van der Waals surface area contributed by atoms with E-state index in [2.05, 4.69) is 25.8 Å². The average molecular weight is 515 g/mol. The number of fused-ring (bicyclic) bond motifs is 1. The smallest absolute Gasteiger partial charge is 0.328 e. The van der Waals surface area contributed by atoms with Gasteiger partial charge in [-0.1, -0.05) is 11.6 Å². The van der Waals surface area contributed by atoms with E-state index in [1.165, 1.54) is 11.3 Å². The summed E-state index contributed by atoms with van der Waals surface area (Å²) in [4.78, 5) is 24.2. The maximum atomic E-state index is 12.8. The van der Waals surface area contributed by atoms with Crippen LogP contribution >= 0.6 is 11.6 Å². The lowest BCUT2D eigenvalue weighted by atomic mass is 10.1. The largest absolute Gasteiger partial charge is 0.390 e. The molecule has 194 valence electrons. The van der Waals surface area contributed by atoms with E-state index in [0.29, 0.717) is 36.3 Å². The minimum atomic E-state index is -0.868. The molecule has 3 aromatic rings. The fourth-order valence-electron chi connectivity index (χ4n) is 4.46. The first-order chi connectivity index (χ1) is 17.1. The molecule has 0 aliphatic carbocycles. The highest BCUT2D eigenvalue weighted by molar-refractivity contribution is 6.32. The Morgan fingerprint density at radius 1 is 1.22 bits per heavy atom. The Kier molecular flexibility index (Phi) is 7.58. The highest BCUT2D eigenvalue weighted by Gasteiger charge is 2.21. The first-order valence-corrected chi connectivity index (χ1v) is 12.5. The fourth-order valence-corrected chi connectivity index (χ4v) is 4.60. The third-order valence-corrected chi connectivity index (χ3v) is 6.80. The van der Waals surface area contributed by atoms with Crippen LogP contribution in [0.15, 0.2) is 40.5 Å². The first kappa shape index (κ1) is 26.0. The van der Waals surface area contributed by atoms with Crippen molar-refractivity contribution in [3.8, 4) is 0 Å². The van der Waals surface area contributed by atoms with Crippen molar-refractivity contribution in [1.82, 2.24) is 29.7 Å². The van der Waals surface area contributed by atoms with Gasteiger partial charge in [0.1, 0.15) is 5.02 Å². The number of hydrogen-bond acceptors (Lipinski definition) is 8. The number of aromatic nitrogens is 4. The van der Waals surface area contributed by atoms with Crippen molar-refractivity contribution < 1.29 is 5.11 Å². The molecule has 4 N–H and O–H groups in total. The van der Waals surface area contributed by atoms with Crippen LogP contribution in [0, 0.1) is 0 Å². The molecule has 36 heavy (non-hydrogen) atoms. The second kappa shape index (κ2) is 10.5. The molecule has 0 atom stereocenters. The van der Waals surface area contributed by atoms with Crippen LogP contribution in [0.1, 0.15) is 26.7 Å². The van der Waals surface area contributed by atoms with Gasteiger partial charge in [0.25, 0.3) is 0 Å². The third kappa shape index (κ3) is 5.50. The van der Waals surface area contributed by atoms with E-state index in [1.54, 1.807) is 36.2 Å². The highest BCUT2D eigenvalue weighted by atomic mass is 35.5. The van der Waals surface area contributed by atoms with Crippen molar-refractivity contribution in [2.75, 3.05) is 43.9 Å². The van der Waals surface area contributed by atoms with Crippen LogP contribution in [0.25, 0.3) is 11.0 Å². The van der Waals surface area contributed by atoms with E-state index in [0.717, 1.165) is 36.2 Å². The van der Waals surface area contributed by atoms with Crippen LogP contribution in [0.2, 0.25) is 5.02 Å². The van der Waals surface area contributed by atoms with Crippen LogP contribution in [0.3, 0.4) is 0 Å². The summed E-state index contributed by atoms with van der Waals surface area (Å²) in [6, 6.07) is 5.70. The molecular formula is C25H35ClN8O2. The minimum Gasteiger partial charge on any atom is -0.390 e. The lowest BCUT2D eigenvalue weighted by Crippen LogP contribution is -2.38. The number of rotatable bonds is 9. The van der Waals surface area contributed by atoms with E-state index in [9.17, 15) is 9.90 Å². The van der Waals surface area contributed by atoms with Gasteiger partial charge in [-0.25, -0.2) is 9.78 Å². The van der Waals surface area contributed by atoms with E-state index in [1.807, 2.05) is 32.3 Å². The predicted molar refractivity (Wildman–Crippen MR) is 145 cm³/mol. The normalized spacial score (nSPS) is 14.6. The number of aliphatic hydroxyl groups is 1. The van der Waals surface area contributed by atoms with Crippen molar-refractivity contribution >= 4 is 40.1 Å². The number of imidazole rings is 1. The van der Waals surface area contributed by atoms with Gasteiger partial charge < -0.3 is 26.0 Å². The number of nitrogens with zero attached hydrogens (tertiary/aromatic N) is 5. The van der Waals surface area contributed by atoms with Gasteiger partial charge >= 0.3 is 5.69 Å². The maximum Gasteiger partial charge on any atom is 0.328 e.